The van der Waals surface area contributed by atoms with Gasteiger partial charge < -0.3 is 4.57 Å². The van der Waals surface area contributed by atoms with Crippen LogP contribution in [-0.2, 0) is 7.05 Å². The summed E-state index contributed by atoms with van der Waals surface area (Å²) in [7, 11) is 1.79. The van der Waals surface area contributed by atoms with Crippen molar-refractivity contribution in [1.29, 1.82) is 5.26 Å². The Morgan fingerprint density at radius 3 is 2.50 bits per heavy atom. The number of nitriles is 1. The third-order valence-corrected chi connectivity index (χ3v) is 3.19. The molecule has 0 bridgehead atoms. The van der Waals surface area contributed by atoms with Gasteiger partial charge in [0.15, 0.2) is 5.69 Å². The number of imidazole rings is 1. The molecular formula is C11H7BrClN3. The summed E-state index contributed by atoms with van der Waals surface area (Å²) in [6.45, 7) is 0. The van der Waals surface area contributed by atoms with Gasteiger partial charge >= 0.3 is 0 Å². The highest BCUT2D eigenvalue weighted by molar-refractivity contribution is 9.10. The van der Waals surface area contributed by atoms with Gasteiger partial charge in [0, 0.05) is 17.1 Å². The lowest BCUT2D eigenvalue weighted by molar-refractivity contribution is 0.925. The van der Waals surface area contributed by atoms with Gasteiger partial charge in [-0.3, -0.25) is 0 Å². The van der Waals surface area contributed by atoms with Crippen LogP contribution < -0.4 is 0 Å². The minimum absolute atomic E-state index is 0.252. The smallest absolute Gasteiger partial charge is 0.178 e. The molecule has 0 N–H and O–H groups in total. The predicted molar refractivity (Wildman–Crippen MR) is 66.1 cm³/mol. The van der Waals surface area contributed by atoms with Gasteiger partial charge in [-0.2, -0.15) is 5.26 Å². The van der Waals surface area contributed by atoms with E-state index in [9.17, 15) is 0 Å². The monoisotopic (exact) mass is 295 g/mol. The second kappa shape index (κ2) is 4.28. The Labute approximate surface area is 106 Å². The van der Waals surface area contributed by atoms with Crippen molar-refractivity contribution in [2.75, 3.05) is 0 Å². The van der Waals surface area contributed by atoms with Gasteiger partial charge in [0.05, 0.1) is 0 Å². The summed E-state index contributed by atoms with van der Waals surface area (Å²) in [6.07, 6.45) is 0. The van der Waals surface area contributed by atoms with E-state index in [0.29, 0.717) is 11.0 Å². The molecule has 0 fully saturated rings. The summed E-state index contributed by atoms with van der Waals surface area (Å²) in [4.78, 5) is 4.18. The van der Waals surface area contributed by atoms with Gasteiger partial charge in [-0.25, -0.2) is 4.98 Å². The van der Waals surface area contributed by atoms with Crippen LogP contribution in [0.15, 0.2) is 28.7 Å². The van der Waals surface area contributed by atoms with Crippen molar-refractivity contribution in [3.63, 3.8) is 0 Å². The van der Waals surface area contributed by atoms with Crippen molar-refractivity contribution in [3.8, 4) is 17.5 Å². The number of nitrogens with zero attached hydrogens (tertiary/aromatic N) is 3. The van der Waals surface area contributed by atoms with E-state index in [4.69, 9.17) is 16.9 Å². The van der Waals surface area contributed by atoms with Crippen LogP contribution in [0.5, 0.6) is 0 Å². The Morgan fingerprint density at radius 1 is 1.38 bits per heavy atom. The van der Waals surface area contributed by atoms with Crippen molar-refractivity contribution >= 4 is 27.5 Å². The van der Waals surface area contributed by atoms with Gasteiger partial charge in [0.1, 0.15) is 17.0 Å². The molecule has 80 valence electrons. The van der Waals surface area contributed by atoms with E-state index in [1.807, 2.05) is 30.3 Å². The molecule has 0 aliphatic heterocycles. The highest BCUT2D eigenvalue weighted by Crippen LogP contribution is 2.25. The Morgan fingerprint density at radius 2 is 2.00 bits per heavy atom. The summed E-state index contributed by atoms with van der Waals surface area (Å²) in [5, 5.41) is 9.19. The summed E-state index contributed by atoms with van der Waals surface area (Å²) < 4.78 is 2.70. The van der Waals surface area contributed by atoms with Crippen LogP contribution in [0.4, 0.5) is 0 Å². The molecule has 3 nitrogen and oxygen atoms in total. The fourth-order valence-electron chi connectivity index (χ4n) is 1.41. The van der Waals surface area contributed by atoms with Gasteiger partial charge in [-0.15, -0.1) is 0 Å². The van der Waals surface area contributed by atoms with Crippen molar-refractivity contribution in [1.82, 2.24) is 9.55 Å². The van der Waals surface area contributed by atoms with E-state index in [0.717, 1.165) is 10.0 Å². The first kappa shape index (κ1) is 11.2. The Bertz CT molecular complexity index is 566. The van der Waals surface area contributed by atoms with Gasteiger partial charge in [-0.1, -0.05) is 39.7 Å². The number of rotatable bonds is 1. The number of halogens is 2. The molecule has 0 aliphatic rings. The van der Waals surface area contributed by atoms with Crippen LogP contribution in [0.1, 0.15) is 5.69 Å². The van der Waals surface area contributed by atoms with Gasteiger partial charge in [0.25, 0.3) is 0 Å². The minimum Gasteiger partial charge on any atom is -0.317 e. The molecule has 1 aromatic heterocycles. The summed E-state index contributed by atoms with van der Waals surface area (Å²) in [5.41, 5.74) is 1.18. The predicted octanol–water partition coefficient (Wildman–Crippen LogP) is 3.37. The molecule has 0 unspecified atom stereocenters. The molecule has 0 spiro atoms. The average molecular weight is 297 g/mol. The summed E-state index contributed by atoms with van der Waals surface area (Å²) in [5.74, 6) is 0.689. The van der Waals surface area contributed by atoms with Crippen LogP contribution >= 0.6 is 27.5 Å². The molecule has 2 rings (SSSR count). The van der Waals surface area contributed by atoms with Crippen LogP contribution in [0.25, 0.3) is 11.4 Å². The molecule has 1 aromatic carbocycles. The normalized spacial score (nSPS) is 10.1. The van der Waals surface area contributed by atoms with E-state index in [1.165, 1.54) is 0 Å². The van der Waals surface area contributed by atoms with Gasteiger partial charge in [-0.05, 0) is 12.1 Å². The highest BCUT2D eigenvalue weighted by Gasteiger charge is 2.13. The largest absolute Gasteiger partial charge is 0.317 e. The van der Waals surface area contributed by atoms with Crippen LogP contribution in [-0.4, -0.2) is 9.55 Å². The Hall–Kier alpha value is -1.31. The minimum atomic E-state index is 0.252. The molecular weight excluding hydrogens is 289 g/mol. The number of hydrogen-bond donors (Lipinski definition) is 0. The maximum atomic E-state index is 8.83. The maximum Gasteiger partial charge on any atom is 0.178 e. The zero-order valence-electron chi connectivity index (χ0n) is 8.41. The summed E-state index contributed by atoms with van der Waals surface area (Å²) in [6, 6.07) is 9.65. The second-order valence-electron chi connectivity index (χ2n) is 3.25. The Kier molecular flexibility index (Phi) is 2.99. The van der Waals surface area contributed by atoms with Crippen molar-refractivity contribution in [2.45, 2.75) is 0 Å². The van der Waals surface area contributed by atoms with E-state index in [1.54, 1.807) is 11.6 Å². The van der Waals surface area contributed by atoms with E-state index >= 15 is 0 Å². The van der Waals surface area contributed by atoms with E-state index < -0.39 is 0 Å². The van der Waals surface area contributed by atoms with E-state index in [-0.39, 0.29) is 5.69 Å². The molecule has 0 atom stereocenters. The molecule has 1 heterocycles. The first-order valence-electron chi connectivity index (χ1n) is 4.51. The molecule has 16 heavy (non-hydrogen) atoms. The number of hydrogen-bond acceptors (Lipinski definition) is 2. The zero-order valence-corrected chi connectivity index (χ0v) is 10.7. The first-order valence-corrected chi connectivity index (χ1v) is 5.69. The number of benzene rings is 1. The molecule has 5 heteroatoms. The average Bonchev–Trinajstić information content (AvgIpc) is 2.57. The molecule has 0 amide bonds. The topological polar surface area (TPSA) is 41.6 Å². The molecule has 0 radical (unpaired) electrons. The fourth-order valence-corrected chi connectivity index (χ4v) is 1.84. The third kappa shape index (κ3) is 1.84. The van der Waals surface area contributed by atoms with Gasteiger partial charge in [0.2, 0.25) is 0 Å². The second-order valence-corrected chi connectivity index (χ2v) is 4.53. The first-order chi connectivity index (χ1) is 7.63. The van der Waals surface area contributed by atoms with Crippen molar-refractivity contribution in [3.05, 3.63) is 39.6 Å². The quantitative estimate of drug-likeness (QED) is 0.809. The third-order valence-electron chi connectivity index (χ3n) is 2.23. The van der Waals surface area contributed by atoms with Crippen LogP contribution in [0, 0.1) is 11.3 Å². The fraction of sp³-hybridized carbons (Fsp3) is 0.0909. The molecule has 0 aliphatic carbocycles. The van der Waals surface area contributed by atoms with Crippen LogP contribution in [0.3, 0.4) is 0 Å². The molecule has 0 saturated heterocycles. The lowest BCUT2D eigenvalue weighted by Crippen LogP contribution is -1.92. The lowest BCUT2D eigenvalue weighted by Gasteiger charge is -2.01. The Balaban J connectivity index is 2.57. The van der Waals surface area contributed by atoms with Crippen molar-refractivity contribution in [2.24, 2.45) is 7.05 Å². The van der Waals surface area contributed by atoms with Crippen LogP contribution in [0.2, 0.25) is 5.15 Å². The summed E-state index contributed by atoms with van der Waals surface area (Å²) >= 11 is 9.33. The van der Waals surface area contributed by atoms with E-state index in [2.05, 4.69) is 20.9 Å². The lowest BCUT2D eigenvalue weighted by atomic mass is 10.2. The number of aromatic nitrogens is 2. The maximum absolute atomic E-state index is 8.83. The molecule has 0 saturated carbocycles. The zero-order chi connectivity index (χ0) is 11.7. The standard InChI is InChI=1S/C11H7BrClN3/c1-16-10(13)9(6-14)15-11(16)7-2-4-8(12)5-3-7/h2-5H,1H3. The highest BCUT2D eigenvalue weighted by atomic mass is 79.9. The van der Waals surface area contributed by atoms with Crippen molar-refractivity contribution < 1.29 is 0 Å². The molecule has 2 aromatic rings. The SMILES string of the molecule is Cn1c(-c2ccc(Br)cc2)nc(C#N)c1Cl.